The molecule has 0 aliphatic carbocycles. The highest BCUT2D eigenvalue weighted by Gasteiger charge is 2.32. The van der Waals surface area contributed by atoms with Crippen molar-refractivity contribution in [3.8, 4) is 0 Å². The number of anilines is 2. The molecule has 10 heteroatoms. The van der Waals surface area contributed by atoms with E-state index in [2.05, 4.69) is 35.9 Å². The second-order valence-corrected chi connectivity index (χ2v) is 8.24. The summed E-state index contributed by atoms with van der Waals surface area (Å²) in [5.74, 6) is 0.925. The minimum absolute atomic E-state index is 0.0425. The van der Waals surface area contributed by atoms with Crippen molar-refractivity contribution in [1.82, 2.24) is 24.6 Å². The number of aryl methyl sites for hydroxylation is 1. The molecule has 0 saturated carbocycles. The SMILES string of the molecule is C[C@H]1CN(C(=O)OC(C)(C)C)CCN1c1nc(N)nc2c1c(Br)nn2C. The predicted octanol–water partition coefficient (Wildman–Crippen LogP) is 2.15. The van der Waals surface area contributed by atoms with Crippen LogP contribution in [0.25, 0.3) is 11.0 Å². The Morgan fingerprint density at radius 1 is 1.31 bits per heavy atom. The van der Waals surface area contributed by atoms with Crippen molar-refractivity contribution in [1.29, 1.82) is 0 Å². The molecule has 1 amide bonds. The molecule has 3 rings (SSSR count). The molecule has 142 valence electrons. The molecular formula is C16H24BrN7O2. The minimum atomic E-state index is -0.509. The molecule has 2 N–H and O–H groups in total. The Morgan fingerprint density at radius 2 is 2.00 bits per heavy atom. The Morgan fingerprint density at radius 3 is 2.62 bits per heavy atom. The summed E-state index contributed by atoms with van der Waals surface area (Å²) in [6.45, 7) is 9.35. The predicted molar refractivity (Wildman–Crippen MR) is 103 cm³/mol. The van der Waals surface area contributed by atoms with Crippen LogP contribution in [0.2, 0.25) is 0 Å². The van der Waals surface area contributed by atoms with Gasteiger partial charge in [-0.25, -0.2) is 9.48 Å². The molecule has 0 radical (unpaired) electrons. The Kier molecular flexibility index (Phi) is 4.72. The summed E-state index contributed by atoms with van der Waals surface area (Å²) in [7, 11) is 1.81. The number of carbonyl (C=O) groups is 1. The number of ether oxygens (including phenoxy) is 1. The first kappa shape index (κ1) is 18.7. The van der Waals surface area contributed by atoms with Crippen molar-refractivity contribution in [2.75, 3.05) is 30.3 Å². The van der Waals surface area contributed by atoms with E-state index in [0.717, 1.165) is 11.2 Å². The fourth-order valence-electron chi connectivity index (χ4n) is 3.07. The fourth-order valence-corrected chi connectivity index (χ4v) is 3.67. The molecule has 1 aliphatic heterocycles. The maximum atomic E-state index is 12.3. The smallest absolute Gasteiger partial charge is 0.410 e. The number of nitrogens with two attached hydrogens (primary N) is 1. The normalized spacial score (nSPS) is 18.5. The van der Waals surface area contributed by atoms with Crippen LogP contribution in [-0.4, -0.2) is 62.0 Å². The van der Waals surface area contributed by atoms with E-state index in [1.165, 1.54) is 0 Å². The van der Waals surface area contributed by atoms with Gasteiger partial charge in [-0.3, -0.25) is 0 Å². The molecule has 0 aromatic carbocycles. The van der Waals surface area contributed by atoms with E-state index in [9.17, 15) is 4.79 Å². The molecule has 2 aromatic heterocycles. The van der Waals surface area contributed by atoms with Gasteiger partial charge in [0.25, 0.3) is 0 Å². The first-order valence-corrected chi connectivity index (χ1v) is 9.26. The zero-order chi connectivity index (χ0) is 19.2. The summed E-state index contributed by atoms with van der Waals surface area (Å²) < 4.78 is 7.82. The number of rotatable bonds is 1. The molecular weight excluding hydrogens is 402 g/mol. The van der Waals surface area contributed by atoms with Gasteiger partial charge >= 0.3 is 6.09 Å². The lowest BCUT2D eigenvalue weighted by Gasteiger charge is -2.40. The molecule has 26 heavy (non-hydrogen) atoms. The third kappa shape index (κ3) is 3.55. The van der Waals surface area contributed by atoms with Gasteiger partial charge in [-0.15, -0.1) is 0 Å². The molecule has 1 atom stereocenters. The summed E-state index contributed by atoms with van der Waals surface area (Å²) in [5, 5.41) is 5.18. The average Bonchev–Trinajstić information content (AvgIpc) is 2.79. The van der Waals surface area contributed by atoms with Gasteiger partial charge in [0.2, 0.25) is 5.95 Å². The van der Waals surface area contributed by atoms with Crippen LogP contribution in [0.15, 0.2) is 4.60 Å². The molecule has 1 fully saturated rings. The lowest BCUT2D eigenvalue weighted by Crippen LogP contribution is -2.55. The highest BCUT2D eigenvalue weighted by molar-refractivity contribution is 9.10. The quantitative estimate of drug-likeness (QED) is 0.746. The monoisotopic (exact) mass is 425 g/mol. The van der Waals surface area contributed by atoms with Gasteiger partial charge in [0, 0.05) is 32.7 Å². The summed E-state index contributed by atoms with van der Waals surface area (Å²) in [5.41, 5.74) is 6.07. The Labute approximate surface area is 160 Å². The summed E-state index contributed by atoms with van der Waals surface area (Å²) in [6, 6.07) is 0.0425. The second kappa shape index (κ2) is 6.57. The van der Waals surface area contributed by atoms with Gasteiger partial charge in [-0.05, 0) is 43.6 Å². The van der Waals surface area contributed by atoms with E-state index >= 15 is 0 Å². The van der Waals surface area contributed by atoms with Crippen molar-refractivity contribution in [3.05, 3.63) is 4.60 Å². The third-order valence-corrected chi connectivity index (χ3v) is 4.75. The van der Waals surface area contributed by atoms with E-state index in [0.29, 0.717) is 29.9 Å². The second-order valence-electron chi connectivity index (χ2n) is 7.49. The van der Waals surface area contributed by atoms with Crippen LogP contribution >= 0.6 is 15.9 Å². The van der Waals surface area contributed by atoms with Crippen LogP contribution in [0, 0.1) is 0 Å². The topological polar surface area (TPSA) is 102 Å². The summed E-state index contributed by atoms with van der Waals surface area (Å²) in [6.07, 6.45) is -0.293. The number of fused-ring (bicyclic) bond motifs is 1. The van der Waals surface area contributed by atoms with Crippen LogP contribution in [0.5, 0.6) is 0 Å². The van der Waals surface area contributed by atoms with Crippen LogP contribution < -0.4 is 10.6 Å². The summed E-state index contributed by atoms with van der Waals surface area (Å²) in [4.78, 5) is 24.9. The van der Waals surface area contributed by atoms with Gasteiger partial charge in [0.05, 0.1) is 5.39 Å². The van der Waals surface area contributed by atoms with E-state index in [1.54, 1.807) is 9.58 Å². The molecule has 2 aromatic rings. The highest BCUT2D eigenvalue weighted by Crippen LogP contribution is 2.32. The summed E-state index contributed by atoms with van der Waals surface area (Å²) >= 11 is 3.48. The number of hydrogen-bond donors (Lipinski definition) is 1. The van der Waals surface area contributed by atoms with Gasteiger partial charge in [-0.2, -0.15) is 15.1 Å². The number of nitrogens with zero attached hydrogens (tertiary/aromatic N) is 6. The zero-order valence-corrected chi connectivity index (χ0v) is 17.2. The molecule has 9 nitrogen and oxygen atoms in total. The van der Waals surface area contributed by atoms with E-state index in [-0.39, 0.29) is 18.1 Å². The zero-order valence-electron chi connectivity index (χ0n) is 15.7. The molecule has 1 saturated heterocycles. The van der Waals surface area contributed by atoms with Crippen LogP contribution in [0.4, 0.5) is 16.6 Å². The van der Waals surface area contributed by atoms with E-state index in [4.69, 9.17) is 10.5 Å². The van der Waals surface area contributed by atoms with E-state index in [1.807, 2.05) is 34.7 Å². The average molecular weight is 426 g/mol. The minimum Gasteiger partial charge on any atom is -0.444 e. The highest BCUT2D eigenvalue weighted by atomic mass is 79.9. The molecule has 1 aliphatic rings. The number of aromatic nitrogens is 4. The maximum Gasteiger partial charge on any atom is 0.410 e. The first-order valence-electron chi connectivity index (χ1n) is 8.47. The number of carbonyl (C=O) groups excluding carboxylic acids is 1. The fraction of sp³-hybridized carbons (Fsp3) is 0.625. The largest absolute Gasteiger partial charge is 0.444 e. The lowest BCUT2D eigenvalue weighted by molar-refractivity contribution is 0.0218. The van der Waals surface area contributed by atoms with Crippen molar-refractivity contribution < 1.29 is 9.53 Å². The maximum absolute atomic E-state index is 12.3. The number of amides is 1. The number of piperazine rings is 1. The number of hydrogen-bond acceptors (Lipinski definition) is 7. The van der Waals surface area contributed by atoms with Crippen molar-refractivity contribution in [2.24, 2.45) is 7.05 Å². The molecule has 0 bridgehead atoms. The van der Waals surface area contributed by atoms with Crippen molar-refractivity contribution in [2.45, 2.75) is 39.3 Å². The Balaban J connectivity index is 1.87. The van der Waals surface area contributed by atoms with E-state index < -0.39 is 5.60 Å². The Bertz CT molecular complexity index is 845. The lowest BCUT2D eigenvalue weighted by atomic mass is 10.1. The van der Waals surface area contributed by atoms with Crippen molar-refractivity contribution >= 4 is 44.8 Å². The first-order chi connectivity index (χ1) is 12.1. The van der Waals surface area contributed by atoms with Gasteiger partial charge in [0.1, 0.15) is 16.0 Å². The van der Waals surface area contributed by atoms with Crippen LogP contribution in [0.1, 0.15) is 27.7 Å². The number of nitrogen functional groups attached to an aromatic ring is 1. The molecule has 0 unspecified atom stereocenters. The third-order valence-electron chi connectivity index (χ3n) is 4.19. The van der Waals surface area contributed by atoms with Gasteiger partial charge < -0.3 is 20.3 Å². The van der Waals surface area contributed by atoms with Crippen molar-refractivity contribution in [3.63, 3.8) is 0 Å². The van der Waals surface area contributed by atoms with Crippen LogP contribution in [-0.2, 0) is 11.8 Å². The molecule has 0 spiro atoms. The molecule has 3 heterocycles. The standard InChI is InChI=1S/C16H24BrN7O2/c1-9-8-23(15(25)26-16(2,3)4)6-7-24(9)13-10-11(17)21-22(5)12(10)19-14(18)20-13/h9H,6-8H2,1-5H3,(H2,18,19,20)/t9-/m0/s1. The number of halogens is 1. The Hall–Kier alpha value is -2.10. The van der Waals surface area contributed by atoms with Crippen LogP contribution in [0.3, 0.4) is 0 Å². The van der Waals surface area contributed by atoms with Gasteiger partial charge in [-0.1, -0.05) is 0 Å². The van der Waals surface area contributed by atoms with Gasteiger partial charge in [0.15, 0.2) is 5.65 Å².